The summed E-state index contributed by atoms with van der Waals surface area (Å²) in [6.45, 7) is 0. The summed E-state index contributed by atoms with van der Waals surface area (Å²) in [6, 6.07) is 4.45. The third kappa shape index (κ3) is 1.81. The molecule has 5 nitrogen and oxygen atoms in total. The molecule has 0 bridgehead atoms. The molecule has 94 valence electrons. The fraction of sp³-hybridized carbons (Fsp3) is 0.385. The molecule has 2 aromatic rings. The van der Waals surface area contributed by atoms with E-state index in [2.05, 4.69) is 10.1 Å². The fourth-order valence-corrected chi connectivity index (χ4v) is 2.11. The molecule has 0 aliphatic heterocycles. The number of nitrogens with zero attached hydrogens (tertiary/aromatic N) is 3. The number of pyridine rings is 1. The average molecular weight is 244 g/mol. The van der Waals surface area contributed by atoms with Crippen LogP contribution in [0.2, 0.25) is 0 Å². The molecular formula is C13H16N4O. The van der Waals surface area contributed by atoms with Crippen LogP contribution >= 0.6 is 0 Å². The number of hydrogen-bond acceptors (Lipinski definition) is 4. The lowest BCUT2D eigenvalue weighted by Crippen LogP contribution is -2.17. The number of nitrogens with two attached hydrogens (primary N) is 1. The summed E-state index contributed by atoms with van der Waals surface area (Å²) in [7, 11) is 1.59. The van der Waals surface area contributed by atoms with E-state index in [0.29, 0.717) is 17.6 Å². The molecule has 0 aromatic carbocycles. The molecular weight excluding hydrogens is 228 g/mol. The predicted octanol–water partition coefficient (Wildman–Crippen LogP) is 2.26. The van der Waals surface area contributed by atoms with Crippen LogP contribution in [-0.4, -0.2) is 21.9 Å². The number of anilines is 1. The molecule has 5 heteroatoms. The maximum atomic E-state index is 5.70. The molecule has 3 rings (SSSR count). The van der Waals surface area contributed by atoms with Crippen molar-refractivity contribution >= 4 is 5.82 Å². The average Bonchev–Trinajstić information content (AvgIpc) is 2.76. The van der Waals surface area contributed by atoms with Crippen LogP contribution in [0.15, 0.2) is 24.5 Å². The van der Waals surface area contributed by atoms with Gasteiger partial charge in [0.25, 0.3) is 0 Å². The van der Waals surface area contributed by atoms with Gasteiger partial charge in [-0.05, 0) is 31.4 Å². The van der Waals surface area contributed by atoms with Crippen molar-refractivity contribution in [1.82, 2.24) is 14.8 Å². The molecule has 1 aliphatic carbocycles. The zero-order valence-corrected chi connectivity index (χ0v) is 10.3. The molecule has 0 atom stereocenters. The summed E-state index contributed by atoms with van der Waals surface area (Å²) in [5.41, 5.74) is 7.54. The summed E-state index contributed by atoms with van der Waals surface area (Å²) >= 11 is 0. The standard InChI is InChI=1S/C13H16N4O/c1-18-12-7-9(8-15-13(12)14)11-5-6-17(16-11)10-3-2-4-10/h5-8,10H,2-4H2,1H3,(H2,14,15). The summed E-state index contributed by atoms with van der Waals surface area (Å²) in [6.07, 6.45) is 7.51. The Morgan fingerprint density at radius 1 is 1.44 bits per heavy atom. The Labute approximate surface area is 106 Å². The molecule has 2 N–H and O–H groups in total. The molecule has 1 saturated carbocycles. The smallest absolute Gasteiger partial charge is 0.166 e. The summed E-state index contributed by atoms with van der Waals surface area (Å²) in [4.78, 5) is 4.12. The highest BCUT2D eigenvalue weighted by molar-refractivity contribution is 5.63. The second kappa shape index (κ2) is 4.33. The minimum atomic E-state index is 0.402. The topological polar surface area (TPSA) is 66.0 Å². The summed E-state index contributed by atoms with van der Waals surface area (Å²) in [5.74, 6) is 0.991. The Morgan fingerprint density at radius 3 is 2.94 bits per heavy atom. The minimum Gasteiger partial charge on any atom is -0.493 e. The minimum absolute atomic E-state index is 0.402. The van der Waals surface area contributed by atoms with Gasteiger partial charge in [0.2, 0.25) is 0 Å². The second-order valence-corrected chi connectivity index (χ2v) is 4.58. The van der Waals surface area contributed by atoms with Crippen LogP contribution in [0.5, 0.6) is 5.75 Å². The van der Waals surface area contributed by atoms with Gasteiger partial charge in [-0.25, -0.2) is 4.98 Å². The number of ether oxygens (including phenoxy) is 1. The van der Waals surface area contributed by atoms with E-state index in [9.17, 15) is 0 Å². The van der Waals surface area contributed by atoms with Crippen LogP contribution in [0.1, 0.15) is 25.3 Å². The van der Waals surface area contributed by atoms with E-state index >= 15 is 0 Å². The van der Waals surface area contributed by atoms with Crippen molar-refractivity contribution < 1.29 is 4.74 Å². The predicted molar refractivity (Wildman–Crippen MR) is 69.3 cm³/mol. The third-order valence-corrected chi connectivity index (χ3v) is 3.45. The van der Waals surface area contributed by atoms with Gasteiger partial charge in [0.1, 0.15) is 0 Å². The number of rotatable bonds is 3. The van der Waals surface area contributed by atoms with Crippen LogP contribution in [-0.2, 0) is 0 Å². The first-order valence-corrected chi connectivity index (χ1v) is 6.13. The van der Waals surface area contributed by atoms with Crippen molar-refractivity contribution in [2.24, 2.45) is 0 Å². The first-order chi connectivity index (χ1) is 8.78. The van der Waals surface area contributed by atoms with Gasteiger partial charge < -0.3 is 10.5 Å². The van der Waals surface area contributed by atoms with Crippen LogP contribution < -0.4 is 10.5 Å². The Morgan fingerprint density at radius 2 is 2.28 bits per heavy atom. The Hall–Kier alpha value is -2.04. The normalized spacial score (nSPS) is 15.4. The van der Waals surface area contributed by atoms with Gasteiger partial charge in [-0.3, -0.25) is 4.68 Å². The number of nitrogen functional groups attached to an aromatic ring is 1. The van der Waals surface area contributed by atoms with Gasteiger partial charge in [-0.15, -0.1) is 0 Å². The zero-order valence-electron chi connectivity index (χ0n) is 10.3. The second-order valence-electron chi connectivity index (χ2n) is 4.58. The van der Waals surface area contributed by atoms with Gasteiger partial charge in [0.15, 0.2) is 11.6 Å². The van der Waals surface area contributed by atoms with Crippen molar-refractivity contribution in [3.05, 3.63) is 24.5 Å². The zero-order chi connectivity index (χ0) is 12.5. The fourth-order valence-electron chi connectivity index (χ4n) is 2.11. The Kier molecular flexibility index (Phi) is 2.66. The van der Waals surface area contributed by atoms with E-state index in [-0.39, 0.29) is 0 Å². The highest BCUT2D eigenvalue weighted by Crippen LogP contribution is 2.32. The van der Waals surface area contributed by atoms with Gasteiger partial charge >= 0.3 is 0 Å². The molecule has 0 saturated heterocycles. The summed E-state index contributed by atoms with van der Waals surface area (Å²) < 4.78 is 7.21. The highest BCUT2D eigenvalue weighted by Gasteiger charge is 2.20. The monoisotopic (exact) mass is 244 g/mol. The van der Waals surface area contributed by atoms with Crippen LogP contribution in [0.4, 0.5) is 5.82 Å². The highest BCUT2D eigenvalue weighted by atomic mass is 16.5. The molecule has 0 unspecified atom stereocenters. The number of hydrogen-bond donors (Lipinski definition) is 1. The lowest BCUT2D eigenvalue weighted by Gasteiger charge is -2.25. The molecule has 0 amide bonds. The molecule has 0 radical (unpaired) electrons. The van der Waals surface area contributed by atoms with Gasteiger partial charge in [0, 0.05) is 18.0 Å². The van der Waals surface area contributed by atoms with Crippen molar-refractivity contribution in [1.29, 1.82) is 0 Å². The molecule has 0 spiro atoms. The van der Waals surface area contributed by atoms with Crippen molar-refractivity contribution in [2.45, 2.75) is 25.3 Å². The van der Waals surface area contributed by atoms with Crippen molar-refractivity contribution in [3.8, 4) is 17.0 Å². The Bertz CT molecular complexity index is 560. The maximum Gasteiger partial charge on any atom is 0.166 e. The number of aromatic nitrogens is 3. The molecule has 2 heterocycles. The van der Waals surface area contributed by atoms with E-state index in [1.807, 2.05) is 23.0 Å². The summed E-state index contributed by atoms with van der Waals surface area (Å²) in [5, 5.41) is 4.59. The van der Waals surface area contributed by atoms with Crippen molar-refractivity contribution in [2.75, 3.05) is 12.8 Å². The first-order valence-electron chi connectivity index (χ1n) is 6.13. The van der Waals surface area contributed by atoms with Gasteiger partial charge in [-0.2, -0.15) is 5.10 Å². The Balaban J connectivity index is 1.91. The largest absolute Gasteiger partial charge is 0.493 e. The molecule has 1 aliphatic rings. The van der Waals surface area contributed by atoms with Crippen LogP contribution in [0.3, 0.4) is 0 Å². The van der Waals surface area contributed by atoms with Gasteiger partial charge in [0.05, 0.1) is 18.8 Å². The molecule has 18 heavy (non-hydrogen) atoms. The molecule has 2 aromatic heterocycles. The van der Waals surface area contributed by atoms with E-state index in [0.717, 1.165) is 11.3 Å². The quantitative estimate of drug-likeness (QED) is 0.899. The lowest BCUT2D eigenvalue weighted by molar-refractivity contribution is 0.290. The lowest BCUT2D eigenvalue weighted by atomic mass is 9.93. The maximum absolute atomic E-state index is 5.70. The van der Waals surface area contributed by atoms with E-state index in [1.54, 1.807) is 13.3 Å². The van der Waals surface area contributed by atoms with Crippen molar-refractivity contribution in [3.63, 3.8) is 0 Å². The van der Waals surface area contributed by atoms with E-state index < -0.39 is 0 Å². The van der Waals surface area contributed by atoms with Crippen LogP contribution in [0, 0.1) is 0 Å². The third-order valence-electron chi connectivity index (χ3n) is 3.45. The number of methoxy groups -OCH3 is 1. The van der Waals surface area contributed by atoms with E-state index in [1.165, 1.54) is 19.3 Å². The first kappa shape index (κ1) is 11.1. The van der Waals surface area contributed by atoms with Crippen LogP contribution in [0.25, 0.3) is 11.3 Å². The van der Waals surface area contributed by atoms with E-state index in [4.69, 9.17) is 10.5 Å². The SMILES string of the molecule is COc1cc(-c2ccn(C3CCC3)n2)cnc1N. The van der Waals surface area contributed by atoms with Gasteiger partial charge in [-0.1, -0.05) is 0 Å². The molecule has 1 fully saturated rings.